The lowest BCUT2D eigenvalue weighted by atomic mass is 10.1. The summed E-state index contributed by atoms with van der Waals surface area (Å²) in [6, 6.07) is 13.0. The normalized spacial score (nSPS) is 11.3. The maximum Gasteiger partial charge on any atom is 0.416 e. The van der Waals surface area contributed by atoms with Crippen LogP contribution in [0.15, 0.2) is 60.8 Å². The van der Waals surface area contributed by atoms with Gasteiger partial charge in [-0.2, -0.15) is 18.3 Å². The summed E-state index contributed by atoms with van der Waals surface area (Å²) >= 11 is 0. The van der Waals surface area contributed by atoms with E-state index in [2.05, 4.69) is 20.7 Å². The van der Waals surface area contributed by atoms with Crippen LogP contribution < -0.4 is 15.4 Å². The van der Waals surface area contributed by atoms with Crippen LogP contribution >= 0.6 is 0 Å². The minimum Gasteiger partial charge on any atom is -0.457 e. The lowest BCUT2D eigenvalue weighted by molar-refractivity contribution is -0.137. The van der Waals surface area contributed by atoms with Crippen molar-refractivity contribution in [2.24, 2.45) is 0 Å². The molecular weight excluding hydrogens is 511 g/mol. The number of hydrogen-bond donors (Lipinski definition) is 2. The number of carbonyl (C=O) groups is 2. The molecule has 0 bridgehead atoms. The highest BCUT2D eigenvalue weighted by Crippen LogP contribution is 2.34. The lowest BCUT2D eigenvalue weighted by Crippen LogP contribution is -2.19. The third-order valence-electron chi connectivity index (χ3n) is 6.08. The second kappa shape index (κ2) is 11.0. The molecule has 202 valence electrons. The number of carbonyl (C=O) groups excluding carboxylic acids is 2. The number of pyridine rings is 1. The summed E-state index contributed by atoms with van der Waals surface area (Å²) in [5, 5.41) is 9.96. The van der Waals surface area contributed by atoms with Crippen LogP contribution in [0.3, 0.4) is 0 Å². The Kier molecular flexibility index (Phi) is 7.70. The van der Waals surface area contributed by atoms with Crippen LogP contribution in [0.5, 0.6) is 11.5 Å². The standard InChI is InChI=1S/C28H26F3N5O3/c1-16-13-21(28(29,30)31)7-10-24(16)39-22-8-5-20(6-9-22)26(37)34-25-17(2)35-36(18(25)3)15-19-11-12-33-23(14-19)27(38)32-4/h5-14H,15H2,1-4H3,(H,32,38)(H,34,37). The number of benzene rings is 2. The van der Waals surface area contributed by atoms with Gasteiger partial charge in [-0.15, -0.1) is 0 Å². The van der Waals surface area contributed by atoms with Crippen LogP contribution in [0.1, 0.15) is 48.9 Å². The van der Waals surface area contributed by atoms with E-state index in [4.69, 9.17) is 4.74 Å². The van der Waals surface area contributed by atoms with Crippen LogP contribution in [-0.4, -0.2) is 33.6 Å². The molecule has 0 radical (unpaired) electrons. The highest BCUT2D eigenvalue weighted by atomic mass is 19.4. The molecule has 11 heteroatoms. The van der Waals surface area contributed by atoms with Crippen molar-refractivity contribution in [3.63, 3.8) is 0 Å². The maximum atomic E-state index is 12.9. The highest BCUT2D eigenvalue weighted by Gasteiger charge is 2.30. The lowest BCUT2D eigenvalue weighted by Gasteiger charge is -2.12. The van der Waals surface area contributed by atoms with Gasteiger partial charge in [-0.3, -0.25) is 19.3 Å². The molecule has 0 atom stereocenters. The molecule has 2 amide bonds. The number of nitrogens with zero attached hydrogens (tertiary/aromatic N) is 3. The third-order valence-corrected chi connectivity index (χ3v) is 6.08. The second-order valence-corrected chi connectivity index (χ2v) is 8.89. The van der Waals surface area contributed by atoms with E-state index < -0.39 is 11.7 Å². The van der Waals surface area contributed by atoms with Crippen molar-refractivity contribution < 1.29 is 27.5 Å². The van der Waals surface area contributed by atoms with Crippen LogP contribution in [0.4, 0.5) is 18.9 Å². The van der Waals surface area contributed by atoms with Crippen LogP contribution in [-0.2, 0) is 12.7 Å². The van der Waals surface area contributed by atoms with Gasteiger partial charge in [0.05, 0.1) is 29.2 Å². The Morgan fingerprint density at radius 3 is 2.33 bits per heavy atom. The number of hydrogen-bond acceptors (Lipinski definition) is 5. The van der Waals surface area contributed by atoms with Crippen molar-refractivity contribution >= 4 is 17.5 Å². The number of aromatic nitrogens is 3. The molecule has 2 heterocycles. The van der Waals surface area contributed by atoms with Gasteiger partial charge in [0.1, 0.15) is 17.2 Å². The molecule has 0 aliphatic carbocycles. The summed E-state index contributed by atoms with van der Waals surface area (Å²) in [4.78, 5) is 28.9. The summed E-state index contributed by atoms with van der Waals surface area (Å²) in [5.74, 6) is 0.0199. The number of anilines is 1. The molecule has 0 unspecified atom stereocenters. The zero-order valence-corrected chi connectivity index (χ0v) is 21.7. The topological polar surface area (TPSA) is 98.1 Å². The Morgan fingerprint density at radius 2 is 1.69 bits per heavy atom. The molecule has 4 rings (SSSR count). The fourth-order valence-corrected chi connectivity index (χ4v) is 3.96. The van der Waals surface area contributed by atoms with Crippen LogP contribution in [0, 0.1) is 20.8 Å². The van der Waals surface area contributed by atoms with E-state index in [9.17, 15) is 22.8 Å². The van der Waals surface area contributed by atoms with Gasteiger partial charge in [-0.1, -0.05) is 0 Å². The molecule has 8 nitrogen and oxygen atoms in total. The summed E-state index contributed by atoms with van der Waals surface area (Å²) in [6.07, 6.45) is -2.87. The predicted molar refractivity (Wildman–Crippen MR) is 139 cm³/mol. The van der Waals surface area contributed by atoms with E-state index in [-0.39, 0.29) is 17.6 Å². The van der Waals surface area contributed by atoms with E-state index in [1.54, 1.807) is 54.2 Å². The summed E-state index contributed by atoms with van der Waals surface area (Å²) in [6.45, 7) is 5.53. The first-order chi connectivity index (χ1) is 18.5. The van der Waals surface area contributed by atoms with Gasteiger partial charge in [0.25, 0.3) is 11.8 Å². The predicted octanol–water partition coefficient (Wildman–Crippen LogP) is 5.67. The van der Waals surface area contributed by atoms with Crippen molar-refractivity contribution in [1.29, 1.82) is 0 Å². The molecule has 39 heavy (non-hydrogen) atoms. The highest BCUT2D eigenvalue weighted by molar-refractivity contribution is 6.05. The molecule has 0 spiro atoms. The molecule has 2 aromatic heterocycles. The Morgan fingerprint density at radius 1 is 0.974 bits per heavy atom. The molecular formula is C28H26F3N5O3. The fraction of sp³-hybridized carbons (Fsp3) is 0.214. The van der Waals surface area contributed by atoms with Gasteiger partial charge < -0.3 is 15.4 Å². The van der Waals surface area contributed by atoms with Crippen LogP contribution in [0.2, 0.25) is 0 Å². The van der Waals surface area contributed by atoms with Gasteiger partial charge in [0.15, 0.2) is 0 Å². The number of halogens is 3. The van der Waals surface area contributed by atoms with Gasteiger partial charge >= 0.3 is 6.18 Å². The van der Waals surface area contributed by atoms with Crippen molar-refractivity contribution in [1.82, 2.24) is 20.1 Å². The largest absolute Gasteiger partial charge is 0.457 e. The monoisotopic (exact) mass is 537 g/mol. The summed E-state index contributed by atoms with van der Waals surface area (Å²) < 4.78 is 46.2. The van der Waals surface area contributed by atoms with Crippen molar-refractivity contribution in [3.05, 3.63) is 100 Å². The van der Waals surface area contributed by atoms with E-state index in [0.717, 1.165) is 23.4 Å². The molecule has 2 N–H and O–H groups in total. The number of alkyl halides is 3. The maximum absolute atomic E-state index is 12.9. The zero-order chi connectivity index (χ0) is 28.3. The van der Waals surface area contributed by atoms with E-state index in [1.165, 1.54) is 20.0 Å². The fourth-order valence-electron chi connectivity index (χ4n) is 3.96. The molecule has 0 saturated heterocycles. The van der Waals surface area contributed by atoms with E-state index in [0.29, 0.717) is 40.5 Å². The number of nitrogens with one attached hydrogen (secondary N) is 2. The minimum absolute atomic E-state index is 0.288. The van der Waals surface area contributed by atoms with E-state index >= 15 is 0 Å². The Hall–Kier alpha value is -4.67. The van der Waals surface area contributed by atoms with Crippen molar-refractivity contribution in [3.8, 4) is 11.5 Å². The molecule has 0 aliphatic rings. The van der Waals surface area contributed by atoms with Gasteiger partial charge in [0.2, 0.25) is 0 Å². The second-order valence-electron chi connectivity index (χ2n) is 8.89. The number of amides is 2. The average molecular weight is 538 g/mol. The number of rotatable bonds is 7. The molecule has 2 aromatic carbocycles. The Balaban J connectivity index is 1.45. The summed E-state index contributed by atoms with van der Waals surface area (Å²) in [5.41, 5.74) is 3.01. The van der Waals surface area contributed by atoms with Gasteiger partial charge in [0, 0.05) is 18.8 Å². The first kappa shape index (κ1) is 27.4. The smallest absolute Gasteiger partial charge is 0.416 e. The molecule has 4 aromatic rings. The first-order valence-corrected chi connectivity index (χ1v) is 11.9. The Bertz CT molecular complexity index is 1530. The summed E-state index contributed by atoms with van der Waals surface area (Å²) in [7, 11) is 1.54. The van der Waals surface area contributed by atoms with Gasteiger partial charge in [-0.05, 0) is 86.5 Å². The SMILES string of the molecule is CNC(=O)c1cc(Cn2nc(C)c(NC(=O)c3ccc(Oc4ccc(C(F)(F)F)cc4C)cc3)c2C)ccn1. The van der Waals surface area contributed by atoms with Crippen molar-refractivity contribution in [2.45, 2.75) is 33.5 Å². The van der Waals surface area contributed by atoms with Crippen molar-refractivity contribution in [2.75, 3.05) is 12.4 Å². The minimum atomic E-state index is -4.43. The zero-order valence-electron chi connectivity index (χ0n) is 21.7. The number of aryl methyl sites for hydroxylation is 2. The van der Waals surface area contributed by atoms with Gasteiger partial charge in [-0.25, -0.2) is 0 Å². The van der Waals surface area contributed by atoms with E-state index in [1.807, 2.05) is 6.92 Å². The third kappa shape index (κ3) is 6.25. The molecule has 0 aliphatic heterocycles. The quantitative estimate of drug-likeness (QED) is 0.316. The Labute approximate surface area is 222 Å². The van der Waals surface area contributed by atoms with Crippen LogP contribution in [0.25, 0.3) is 0 Å². The first-order valence-electron chi connectivity index (χ1n) is 11.9. The number of ether oxygens (including phenoxy) is 1. The molecule has 0 saturated carbocycles. The average Bonchev–Trinajstić information content (AvgIpc) is 3.16. The molecule has 0 fully saturated rings.